The van der Waals surface area contributed by atoms with Crippen molar-refractivity contribution in [2.45, 2.75) is 13.0 Å². The van der Waals surface area contributed by atoms with Gasteiger partial charge in [-0.25, -0.2) is 0 Å². The first kappa shape index (κ1) is 27.3. The minimum absolute atomic E-state index is 0.116. The summed E-state index contributed by atoms with van der Waals surface area (Å²) >= 11 is 0. The van der Waals surface area contributed by atoms with E-state index in [-0.39, 0.29) is 12.0 Å². The molecule has 5 aromatic rings. The lowest BCUT2D eigenvalue weighted by atomic mass is 10.0. The zero-order valence-corrected chi connectivity index (χ0v) is 25.0. The summed E-state index contributed by atoms with van der Waals surface area (Å²) < 4.78 is 0. The summed E-state index contributed by atoms with van der Waals surface area (Å²) in [4.78, 5) is 5.23. The summed E-state index contributed by atoms with van der Waals surface area (Å²) in [6.07, 6.45) is 9.02. The van der Waals surface area contributed by atoms with E-state index in [1.165, 1.54) is 37.4 Å². The molecule has 0 saturated heterocycles. The Balaban J connectivity index is 1.32. The minimum atomic E-state index is -0.701. The Morgan fingerprint density at radius 2 is 1.00 bits per heavy atom. The van der Waals surface area contributed by atoms with Crippen LogP contribution in [0, 0.1) is 5.92 Å². The van der Waals surface area contributed by atoms with E-state index < -0.39 is 15.8 Å². The van der Waals surface area contributed by atoms with Gasteiger partial charge < -0.3 is 0 Å². The highest BCUT2D eigenvalue weighted by Crippen LogP contribution is 2.50. The van der Waals surface area contributed by atoms with Crippen molar-refractivity contribution in [2.75, 3.05) is 0 Å². The number of rotatable bonds is 9. The van der Waals surface area contributed by atoms with Gasteiger partial charge in [0.25, 0.3) is 0 Å². The Hall–Kier alpha value is -3.89. The molecule has 0 N–H and O–H groups in total. The molecule has 0 fully saturated rings. The van der Waals surface area contributed by atoms with E-state index in [1.54, 1.807) is 0 Å². The molecular formula is C38H33NP2. The van der Waals surface area contributed by atoms with E-state index in [9.17, 15) is 0 Å². The van der Waals surface area contributed by atoms with Crippen LogP contribution in [0.3, 0.4) is 0 Å². The van der Waals surface area contributed by atoms with Crippen LogP contribution in [0.15, 0.2) is 174 Å². The smallest absolute Gasteiger partial charge is 0.0575 e. The van der Waals surface area contributed by atoms with Gasteiger partial charge in [0.2, 0.25) is 0 Å². The number of aliphatic imine (C=N–C) groups is 1. The maximum absolute atomic E-state index is 5.23. The summed E-state index contributed by atoms with van der Waals surface area (Å²) in [7, 11) is -1.34. The first-order valence-electron chi connectivity index (χ1n) is 14.1. The third-order valence-corrected chi connectivity index (χ3v) is 12.5. The highest BCUT2D eigenvalue weighted by atomic mass is 31.1. The quantitative estimate of drug-likeness (QED) is 0.130. The molecule has 0 spiro atoms. The van der Waals surface area contributed by atoms with Crippen molar-refractivity contribution in [1.82, 2.24) is 0 Å². The SMILES string of the molecule is C[C@@H](N=Cc1ccccc1P(c1ccccc1)c1ccccc1)[C@@H]1C=CC=C1P(c1ccccc1)c1ccccc1. The van der Waals surface area contributed by atoms with Crippen molar-refractivity contribution in [1.29, 1.82) is 0 Å². The molecule has 0 saturated carbocycles. The molecule has 1 nitrogen and oxygen atoms in total. The van der Waals surface area contributed by atoms with Crippen LogP contribution in [0.5, 0.6) is 0 Å². The molecular weight excluding hydrogens is 532 g/mol. The molecule has 0 heterocycles. The van der Waals surface area contributed by atoms with Gasteiger partial charge in [-0.2, -0.15) is 0 Å². The topological polar surface area (TPSA) is 12.4 Å². The van der Waals surface area contributed by atoms with Crippen molar-refractivity contribution in [3.8, 4) is 0 Å². The lowest BCUT2D eigenvalue weighted by Gasteiger charge is -2.27. The van der Waals surface area contributed by atoms with Crippen LogP contribution in [0.2, 0.25) is 0 Å². The highest BCUT2D eigenvalue weighted by molar-refractivity contribution is 7.80. The molecule has 1 aliphatic carbocycles. The third-order valence-electron chi connectivity index (χ3n) is 7.39. The number of hydrogen-bond donors (Lipinski definition) is 0. The summed E-state index contributed by atoms with van der Waals surface area (Å²) in [6.45, 7) is 2.26. The maximum Gasteiger partial charge on any atom is 0.0575 e. The van der Waals surface area contributed by atoms with Crippen molar-refractivity contribution in [3.63, 3.8) is 0 Å². The number of benzene rings is 5. The fourth-order valence-corrected chi connectivity index (χ4v) is 10.5. The Morgan fingerprint density at radius 3 is 1.51 bits per heavy atom. The summed E-state index contributed by atoms with van der Waals surface area (Å²) in [6, 6.07) is 52.6. The van der Waals surface area contributed by atoms with Crippen molar-refractivity contribution in [3.05, 3.63) is 175 Å². The Labute approximate surface area is 246 Å². The molecule has 3 heteroatoms. The van der Waals surface area contributed by atoms with Crippen molar-refractivity contribution >= 4 is 48.6 Å². The van der Waals surface area contributed by atoms with Gasteiger partial charge in [-0.3, -0.25) is 4.99 Å². The molecule has 0 aromatic heterocycles. The van der Waals surface area contributed by atoms with Gasteiger partial charge in [0.05, 0.1) is 6.04 Å². The zero-order chi connectivity index (χ0) is 27.9. The first-order chi connectivity index (χ1) is 20.3. The van der Waals surface area contributed by atoms with Crippen LogP contribution < -0.4 is 26.5 Å². The van der Waals surface area contributed by atoms with Crippen LogP contribution in [-0.2, 0) is 0 Å². The molecule has 200 valence electrons. The molecule has 0 radical (unpaired) electrons. The van der Waals surface area contributed by atoms with Gasteiger partial charge in [0, 0.05) is 17.7 Å². The van der Waals surface area contributed by atoms with Gasteiger partial charge in [0.15, 0.2) is 0 Å². The van der Waals surface area contributed by atoms with Crippen molar-refractivity contribution in [2.24, 2.45) is 10.9 Å². The molecule has 0 bridgehead atoms. The molecule has 0 amide bonds. The van der Waals surface area contributed by atoms with Gasteiger partial charge >= 0.3 is 0 Å². The van der Waals surface area contributed by atoms with Crippen LogP contribution in [0.4, 0.5) is 0 Å². The van der Waals surface area contributed by atoms with Gasteiger partial charge in [-0.05, 0) is 54.6 Å². The minimum Gasteiger partial charge on any atom is -0.289 e. The number of nitrogens with zero attached hydrogens (tertiary/aromatic N) is 1. The molecule has 5 aromatic carbocycles. The molecule has 0 aliphatic heterocycles. The molecule has 1 aliphatic rings. The standard InChI is InChI=1S/C38H33NP2/c1-30(36-26-16-28-38(36)41(34-22-10-4-11-23-34)35-24-12-5-13-25-35)39-29-31-17-14-15-27-37(31)40(32-18-6-2-7-19-32)33-20-8-3-9-21-33/h2-30,36H,1H3/t30-,36+/m1/s1. The van der Waals surface area contributed by atoms with E-state index in [4.69, 9.17) is 4.99 Å². The normalized spacial score (nSPS) is 15.5. The summed E-state index contributed by atoms with van der Waals surface area (Å²) in [5, 5.41) is 8.26. The number of allylic oxidation sites excluding steroid dienone is 2. The summed E-state index contributed by atoms with van der Waals surface area (Å²) in [5.41, 5.74) is 1.19. The number of hydrogen-bond acceptors (Lipinski definition) is 1. The van der Waals surface area contributed by atoms with Gasteiger partial charge in [-0.15, -0.1) is 0 Å². The lowest BCUT2D eigenvalue weighted by Crippen LogP contribution is -2.24. The Morgan fingerprint density at radius 1 is 0.561 bits per heavy atom. The van der Waals surface area contributed by atoms with Gasteiger partial charge in [-0.1, -0.05) is 164 Å². The first-order valence-corrected chi connectivity index (χ1v) is 16.8. The van der Waals surface area contributed by atoms with E-state index >= 15 is 0 Å². The predicted molar refractivity (Wildman–Crippen MR) is 182 cm³/mol. The average Bonchev–Trinajstić information content (AvgIpc) is 3.52. The fourth-order valence-electron chi connectivity index (χ4n) is 5.39. The van der Waals surface area contributed by atoms with Crippen molar-refractivity contribution < 1.29 is 0 Å². The monoisotopic (exact) mass is 565 g/mol. The van der Waals surface area contributed by atoms with E-state index in [1.807, 2.05) is 0 Å². The molecule has 41 heavy (non-hydrogen) atoms. The maximum atomic E-state index is 5.23. The molecule has 6 rings (SSSR count). The fraction of sp³-hybridized carbons (Fsp3) is 0.0789. The highest BCUT2D eigenvalue weighted by Gasteiger charge is 2.29. The summed E-state index contributed by atoms with van der Waals surface area (Å²) in [5.74, 6) is 0.259. The second-order valence-electron chi connectivity index (χ2n) is 10.1. The molecule has 0 unspecified atom stereocenters. The zero-order valence-electron chi connectivity index (χ0n) is 23.2. The van der Waals surface area contributed by atoms with E-state index in [0.29, 0.717) is 0 Å². The van der Waals surface area contributed by atoms with Crippen LogP contribution in [0.25, 0.3) is 0 Å². The van der Waals surface area contributed by atoms with E-state index in [2.05, 4.69) is 177 Å². The van der Waals surface area contributed by atoms with E-state index in [0.717, 1.165) is 0 Å². The third kappa shape index (κ3) is 6.23. The second kappa shape index (κ2) is 13.2. The Bertz CT molecular complexity index is 1570. The predicted octanol–water partition coefficient (Wildman–Crippen LogP) is 7.46. The molecule has 2 atom stereocenters. The van der Waals surface area contributed by atoms with Crippen LogP contribution >= 0.6 is 15.8 Å². The second-order valence-corrected chi connectivity index (χ2v) is 14.5. The lowest BCUT2D eigenvalue weighted by molar-refractivity contribution is 0.637. The Kier molecular flexibility index (Phi) is 8.77. The average molecular weight is 566 g/mol. The van der Waals surface area contributed by atoms with Crippen LogP contribution in [0.1, 0.15) is 12.5 Å². The van der Waals surface area contributed by atoms with Gasteiger partial charge in [0.1, 0.15) is 0 Å². The largest absolute Gasteiger partial charge is 0.289 e. The van der Waals surface area contributed by atoms with Crippen LogP contribution in [-0.4, -0.2) is 12.3 Å².